The maximum atomic E-state index is 10.3. The Balaban J connectivity index is 2.12. The van der Waals surface area contributed by atoms with E-state index in [9.17, 15) is 4.79 Å². The molecule has 1 saturated carbocycles. The molecule has 3 rings (SSSR count). The predicted octanol–water partition coefficient (Wildman–Crippen LogP) is 1.73. The smallest absolute Gasteiger partial charge is 0.215 e. The van der Waals surface area contributed by atoms with Crippen molar-refractivity contribution in [3.05, 3.63) is 17.3 Å². The summed E-state index contributed by atoms with van der Waals surface area (Å²) in [5.41, 5.74) is 3.09. The summed E-state index contributed by atoms with van der Waals surface area (Å²) in [4.78, 5) is 14.7. The molecule has 94 valence electrons. The van der Waals surface area contributed by atoms with Gasteiger partial charge in [0, 0.05) is 24.4 Å². The van der Waals surface area contributed by atoms with Crippen LogP contribution in [-0.4, -0.2) is 27.7 Å². The van der Waals surface area contributed by atoms with Crippen molar-refractivity contribution in [2.75, 3.05) is 6.61 Å². The molecule has 5 nitrogen and oxygen atoms in total. The Labute approximate surface area is 105 Å². The van der Waals surface area contributed by atoms with E-state index in [4.69, 9.17) is 4.74 Å². The summed E-state index contributed by atoms with van der Waals surface area (Å²) < 4.78 is 7.06. The van der Waals surface area contributed by atoms with E-state index in [1.807, 2.05) is 20.0 Å². The largest absolute Gasteiger partial charge is 0.470 e. The summed E-state index contributed by atoms with van der Waals surface area (Å²) in [6.07, 6.45) is 3.16. The molecule has 0 amide bonds. The average Bonchev–Trinajstić information content (AvgIpc) is 3.13. The Hall–Kier alpha value is -1.91. The zero-order chi connectivity index (χ0) is 12.7. The van der Waals surface area contributed by atoms with Crippen LogP contribution in [0.4, 0.5) is 0 Å². The Morgan fingerprint density at radius 2 is 2.33 bits per heavy atom. The van der Waals surface area contributed by atoms with Gasteiger partial charge >= 0.3 is 0 Å². The third-order valence-electron chi connectivity index (χ3n) is 3.26. The number of carbonyl (C=O) groups is 1. The lowest BCUT2D eigenvalue weighted by Gasteiger charge is -2.04. The number of nitrogens with zero attached hydrogens (tertiary/aromatic N) is 3. The van der Waals surface area contributed by atoms with E-state index in [1.165, 1.54) is 12.8 Å². The normalized spacial score (nSPS) is 15.0. The van der Waals surface area contributed by atoms with Gasteiger partial charge < -0.3 is 4.74 Å². The van der Waals surface area contributed by atoms with Crippen LogP contribution in [0.2, 0.25) is 0 Å². The maximum Gasteiger partial charge on any atom is 0.215 e. The number of carbonyl (C=O) groups excluding carboxylic acids is 1. The third kappa shape index (κ3) is 1.75. The Kier molecular flexibility index (Phi) is 2.54. The molecule has 0 aliphatic heterocycles. The molecule has 0 aromatic carbocycles. The fraction of sp³-hybridized carbons (Fsp3) is 0.462. The number of rotatable bonds is 4. The highest BCUT2D eigenvalue weighted by Gasteiger charge is 2.30. The van der Waals surface area contributed by atoms with E-state index >= 15 is 0 Å². The lowest BCUT2D eigenvalue weighted by atomic mass is 10.1. The quantitative estimate of drug-likeness (QED) is 0.770. The zero-order valence-corrected chi connectivity index (χ0v) is 10.5. The van der Waals surface area contributed by atoms with Gasteiger partial charge in [0.2, 0.25) is 5.88 Å². The van der Waals surface area contributed by atoms with Crippen molar-refractivity contribution in [3.8, 4) is 5.88 Å². The number of fused-ring (bicyclic) bond motifs is 1. The van der Waals surface area contributed by atoms with Crippen LogP contribution in [0.5, 0.6) is 5.88 Å². The van der Waals surface area contributed by atoms with E-state index in [0.717, 1.165) is 28.6 Å². The fourth-order valence-electron chi connectivity index (χ4n) is 2.27. The second-order valence-electron chi connectivity index (χ2n) is 4.74. The number of ether oxygens (including phenoxy) is 1. The molecule has 1 aliphatic rings. The predicted molar refractivity (Wildman–Crippen MR) is 66.8 cm³/mol. The minimum atomic E-state index is 0.0330. The van der Waals surface area contributed by atoms with Crippen molar-refractivity contribution in [1.29, 1.82) is 0 Å². The van der Waals surface area contributed by atoms with Crippen molar-refractivity contribution < 1.29 is 9.53 Å². The van der Waals surface area contributed by atoms with Crippen LogP contribution in [-0.2, 0) is 11.8 Å². The molecule has 18 heavy (non-hydrogen) atoms. The summed E-state index contributed by atoms with van der Waals surface area (Å²) in [6.45, 7) is 2.07. The van der Waals surface area contributed by atoms with Gasteiger partial charge in [-0.3, -0.25) is 9.48 Å². The van der Waals surface area contributed by atoms with Crippen LogP contribution in [0.1, 0.15) is 30.0 Å². The molecule has 2 aromatic rings. The first-order valence-corrected chi connectivity index (χ1v) is 6.11. The van der Waals surface area contributed by atoms with Crippen molar-refractivity contribution in [2.45, 2.75) is 25.7 Å². The molecule has 1 aliphatic carbocycles. The lowest BCUT2D eigenvalue weighted by molar-refractivity contribution is -0.109. The first kappa shape index (κ1) is 11.2. The van der Waals surface area contributed by atoms with Gasteiger partial charge in [0.1, 0.15) is 6.61 Å². The molecule has 0 unspecified atom stereocenters. The monoisotopic (exact) mass is 245 g/mol. The highest BCUT2D eigenvalue weighted by Crippen LogP contribution is 2.43. The van der Waals surface area contributed by atoms with E-state index < -0.39 is 0 Å². The fourth-order valence-corrected chi connectivity index (χ4v) is 2.27. The molecule has 2 heterocycles. The second kappa shape index (κ2) is 4.08. The number of aryl methyl sites for hydroxylation is 2. The van der Waals surface area contributed by atoms with Crippen LogP contribution in [0.3, 0.4) is 0 Å². The van der Waals surface area contributed by atoms with Gasteiger partial charge in [0.25, 0.3) is 0 Å². The summed E-state index contributed by atoms with van der Waals surface area (Å²) in [5.74, 6) is 1.08. The highest BCUT2D eigenvalue weighted by atomic mass is 16.5. The molecule has 1 fully saturated rings. The SMILES string of the molecule is Cc1cc(OCC=O)nc2c1c(C1CC1)nn2C. The third-order valence-corrected chi connectivity index (χ3v) is 3.26. The van der Waals surface area contributed by atoms with Crippen LogP contribution >= 0.6 is 0 Å². The molecule has 0 saturated heterocycles. The van der Waals surface area contributed by atoms with Crippen molar-refractivity contribution in [2.24, 2.45) is 7.05 Å². The number of pyridine rings is 1. The lowest BCUT2D eigenvalue weighted by Crippen LogP contribution is -2.01. The van der Waals surface area contributed by atoms with Gasteiger partial charge in [-0.15, -0.1) is 0 Å². The summed E-state index contributed by atoms with van der Waals surface area (Å²) in [7, 11) is 1.89. The van der Waals surface area contributed by atoms with Crippen LogP contribution in [0, 0.1) is 6.92 Å². The molecule has 0 spiro atoms. The average molecular weight is 245 g/mol. The molecule has 0 atom stereocenters. The number of aromatic nitrogens is 3. The van der Waals surface area contributed by atoms with Gasteiger partial charge in [0.15, 0.2) is 11.9 Å². The van der Waals surface area contributed by atoms with E-state index in [0.29, 0.717) is 11.8 Å². The van der Waals surface area contributed by atoms with Crippen LogP contribution in [0.15, 0.2) is 6.07 Å². The van der Waals surface area contributed by atoms with E-state index in [1.54, 1.807) is 4.68 Å². The highest BCUT2D eigenvalue weighted by molar-refractivity contribution is 5.83. The molecule has 0 radical (unpaired) electrons. The molecular weight excluding hydrogens is 230 g/mol. The first-order valence-electron chi connectivity index (χ1n) is 6.11. The molecule has 0 bridgehead atoms. The molecule has 0 N–H and O–H groups in total. The summed E-state index contributed by atoms with van der Waals surface area (Å²) in [5, 5.41) is 5.70. The van der Waals surface area contributed by atoms with Crippen LogP contribution < -0.4 is 4.74 Å². The Morgan fingerprint density at radius 3 is 3.00 bits per heavy atom. The molecule has 5 heteroatoms. The van der Waals surface area contributed by atoms with Gasteiger partial charge in [-0.2, -0.15) is 10.1 Å². The minimum absolute atomic E-state index is 0.0330. The Morgan fingerprint density at radius 1 is 1.56 bits per heavy atom. The van der Waals surface area contributed by atoms with Gasteiger partial charge in [0.05, 0.1) is 5.69 Å². The number of hydrogen-bond donors (Lipinski definition) is 0. The standard InChI is InChI=1S/C13H15N3O2/c1-8-7-10(18-6-5-17)14-13-11(8)12(9-3-4-9)15-16(13)2/h5,7,9H,3-4,6H2,1-2H3. The van der Waals surface area contributed by atoms with Gasteiger partial charge in [-0.05, 0) is 25.3 Å². The molecular formula is C13H15N3O2. The van der Waals surface area contributed by atoms with E-state index in [-0.39, 0.29) is 6.61 Å². The number of hydrogen-bond acceptors (Lipinski definition) is 4. The van der Waals surface area contributed by atoms with Crippen LogP contribution in [0.25, 0.3) is 11.0 Å². The van der Waals surface area contributed by atoms with Crippen molar-refractivity contribution >= 4 is 17.3 Å². The molecule has 2 aromatic heterocycles. The Bertz CT molecular complexity index is 614. The summed E-state index contributed by atoms with van der Waals surface area (Å²) >= 11 is 0. The minimum Gasteiger partial charge on any atom is -0.470 e. The van der Waals surface area contributed by atoms with Crippen molar-refractivity contribution in [3.63, 3.8) is 0 Å². The zero-order valence-electron chi connectivity index (χ0n) is 10.5. The summed E-state index contributed by atoms with van der Waals surface area (Å²) in [6, 6.07) is 1.87. The van der Waals surface area contributed by atoms with E-state index in [2.05, 4.69) is 10.1 Å². The second-order valence-corrected chi connectivity index (χ2v) is 4.74. The topological polar surface area (TPSA) is 57.0 Å². The van der Waals surface area contributed by atoms with Gasteiger partial charge in [-0.1, -0.05) is 0 Å². The number of aldehydes is 1. The van der Waals surface area contributed by atoms with Crippen molar-refractivity contribution in [1.82, 2.24) is 14.8 Å². The van der Waals surface area contributed by atoms with Gasteiger partial charge in [-0.25, -0.2) is 0 Å². The maximum absolute atomic E-state index is 10.3. The first-order chi connectivity index (χ1) is 8.70.